The molecule has 1 aliphatic rings. The van der Waals surface area contributed by atoms with Crippen LogP contribution in [0, 0.1) is 13.8 Å². The topological polar surface area (TPSA) is 55.2 Å². The van der Waals surface area contributed by atoms with E-state index < -0.39 is 0 Å². The van der Waals surface area contributed by atoms with E-state index in [0.717, 1.165) is 35.4 Å². The lowest BCUT2D eigenvalue weighted by atomic mass is 10.2. The van der Waals surface area contributed by atoms with Gasteiger partial charge in [0.2, 0.25) is 0 Å². The summed E-state index contributed by atoms with van der Waals surface area (Å²) in [6.07, 6.45) is 0. The minimum absolute atomic E-state index is 0.0683. The molecular formula is C25H28N2O4S. The highest BCUT2D eigenvalue weighted by Gasteiger charge is 2.25. The Morgan fingerprint density at radius 1 is 0.906 bits per heavy atom. The van der Waals surface area contributed by atoms with Crippen LogP contribution < -0.4 is 14.4 Å². The van der Waals surface area contributed by atoms with Crippen LogP contribution in [0.3, 0.4) is 0 Å². The number of hydrogen-bond donors (Lipinski definition) is 0. The highest BCUT2D eigenvalue weighted by atomic mass is 32.2. The van der Waals surface area contributed by atoms with Crippen LogP contribution in [0.15, 0.2) is 62.9 Å². The number of piperazine rings is 1. The third-order valence-electron chi connectivity index (χ3n) is 5.67. The maximum absolute atomic E-state index is 13.0. The summed E-state index contributed by atoms with van der Waals surface area (Å²) in [4.78, 5) is 18.3. The van der Waals surface area contributed by atoms with E-state index in [0.29, 0.717) is 18.8 Å². The van der Waals surface area contributed by atoms with Crippen LogP contribution in [0.1, 0.15) is 21.7 Å². The summed E-state index contributed by atoms with van der Waals surface area (Å²) in [6.45, 7) is 6.87. The zero-order valence-electron chi connectivity index (χ0n) is 18.9. The molecule has 1 saturated heterocycles. The van der Waals surface area contributed by atoms with Gasteiger partial charge < -0.3 is 23.7 Å². The van der Waals surface area contributed by atoms with Gasteiger partial charge in [0.1, 0.15) is 11.5 Å². The Morgan fingerprint density at radius 2 is 1.53 bits per heavy atom. The van der Waals surface area contributed by atoms with Crippen molar-refractivity contribution in [2.45, 2.75) is 23.8 Å². The van der Waals surface area contributed by atoms with E-state index in [9.17, 15) is 4.79 Å². The highest BCUT2D eigenvalue weighted by molar-refractivity contribution is 7.99. The van der Waals surface area contributed by atoms with Crippen molar-refractivity contribution in [1.82, 2.24) is 4.90 Å². The Bertz CT molecular complexity index is 1060. The molecule has 0 spiro atoms. The molecule has 32 heavy (non-hydrogen) atoms. The summed E-state index contributed by atoms with van der Waals surface area (Å²) >= 11 is 1.56. The molecule has 1 amide bonds. The molecule has 168 valence electrons. The fraction of sp³-hybridized carbons (Fsp3) is 0.320. The molecule has 0 aliphatic carbocycles. The molecule has 0 radical (unpaired) electrons. The summed E-state index contributed by atoms with van der Waals surface area (Å²) in [5, 5.41) is 0.730. The van der Waals surface area contributed by atoms with Crippen LogP contribution in [0.5, 0.6) is 11.5 Å². The van der Waals surface area contributed by atoms with Gasteiger partial charge in [-0.3, -0.25) is 4.79 Å². The van der Waals surface area contributed by atoms with Crippen LogP contribution in [0.2, 0.25) is 0 Å². The number of benzene rings is 2. The lowest BCUT2D eigenvalue weighted by molar-refractivity contribution is 0.0709. The molecule has 1 aliphatic heterocycles. The predicted octanol–water partition coefficient (Wildman–Crippen LogP) is 5.03. The molecule has 2 aromatic carbocycles. The van der Waals surface area contributed by atoms with Crippen molar-refractivity contribution in [1.29, 1.82) is 0 Å². The fourth-order valence-electron chi connectivity index (χ4n) is 3.85. The fourth-order valence-corrected chi connectivity index (χ4v) is 4.78. The van der Waals surface area contributed by atoms with Gasteiger partial charge >= 0.3 is 0 Å². The molecule has 3 aromatic rings. The van der Waals surface area contributed by atoms with Gasteiger partial charge in [-0.25, -0.2) is 0 Å². The van der Waals surface area contributed by atoms with Gasteiger partial charge in [0, 0.05) is 55.0 Å². The van der Waals surface area contributed by atoms with Crippen LogP contribution in [-0.4, -0.2) is 51.2 Å². The van der Waals surface area contributed by atoms with Crippen LogP contribution >= 0.6 is 11.8 Å². The molecule has 4 rings (SSSR count). The second kappa shape index (κ2) is 9.61. The van der Waals surface area contributed by atoms with Gasteiger partial charge in [0.25, 0.3) is 5.91 Å². The molecule has 0 atom stereocenters. The zero-order valence-corrected chi connectivity index (χ0v) is 19.7. The van der Waals surface area contributed by atoms with E-state index in [1.54, 1.807) is 32.0 Å². The standard InChI is InChI=1S/C25H28N2O4S/c1-17-6-5-7-18(2)24(17)32-23-9-8-22(31-23)25(28)27-12-10-26(11-13-27)19-14-20(29-3)16-21(15-19)30-4/h5-9,14-16H,10-13H2,1-4H3. The van der Waals surface area contributed by atoms with Crippen molar-refractivity contribution < 1.29 is 18.7 Å². The Labute approximate surface area is 193 Å². The number of nitrogens with zero attached hydrogens (tertiary/aromatic N) is 2. The zero-order chi connectivity index (χ0) is 22.7. The monoisotopic (exact) mass is 452 g/mol. The van der Waals surface area contributed by atoms with Crippen molar-refractivity contribution in [3.05, 3.63) is 65.4 Å². The summed E-state index contributed by atoms with van der Waals surface area (Å²) in [5.74, 6) is 1.82. The van der Waals surface area contributed by atoms with E-state index in [1.807, 2.05) is 35.2 Å². The molecule has 0 unspecified atom stereocenters. The second-order valence-electron chi connectivity index (χ2n) is 7.79. The van der Waals surface area contributed by atoms with Gasteiger partial charge in [-0.15, -0.1) is 0 Å². The Kier molecular flexibility index (Phi) is 6.65. The molecule has 6 nitrogen and oxygen atoms in total. The first kappa shape index (κ1) is 22.1. The number of furan rings is 1. The molecular weight excluding hydrogens is 424 g/mol. The van der Waals surface area contributed by atoms with Gasteiger partial charge in [-0.2, -0.15) is 0 Å². The number of rotatable bonds is 6. The summed E-state index contributed by atoms with van der Waals surface area (Å²) in [6, 6.07) is 15.7. The van der Waals surface area contributed by atoms with Crippen molar-refractivity contribution >= 4 is 23.4 Å². The van der Waals surface area contributed by atoms with Gasteiger partial charge in [0.15, 0.2) is 10.9 Å². The summed E-state index contributed by atoms with van der Waals surface area (Å²) < 4.78 is 16.7. The molecule has 1 aromatic heterocycles. The number of hydrogen-bond acceptors (Lipinski definition) is 6. The Morgan fingerprint density at radius 3 is 2.12 bits per heavy atom. The number of amides is 1. The lowest BCUT2D eigenvalue weighted by Gasteiger charge is -2.36. The number of ether oxygens (including phenoxy) is 2. The van der Waals surface area contributed by atoms with Crippen LogP contribution in [0.4, 0.5) is 5.69 Å². The third kappa shape index (κ3) is 4.72. The number of methoxy groups -OCH3 is 2. The van der Waals surface area contributed by atoms with E-state index >= 15 is 0 Å². The van der Waals surface area contributed by atoms with Gasteiger partial charge in [-0.1, -0.05) is 30.0 Å². The maximum Gasteiger partial charge on any atom is 0.289 e. The van der Waals surface area contributed by atoms with Crippen LogP contribution in [-0.2, 0) is 0 Å². The van der Waals surface area contributed by atoms with E-state index in [2.05, 4.69) is 30.9 Å². The first-order valence-electron chi connectivity index (χ1n) is 10.6. The minimum atomic E-state index is -0.0683. The molecule has 0 saturated carbocycles. The normalized spacial score (nSPS) is 13.9. The molecule has 0 N–H and O–H groups in total. The largest absolute Gasteiger partial charge is 0.497 e. The van der Waals surface area contributed by atoms with E-state index in [1.165, 1.54) is 16.0 Å². The number of carbonyl (C=O) groups is 1. The van der Waals surface area contributed by atoms with Crippen molar-refractivity contribution in [3.8, 4) is 11.5 Å². The molecule has 7 heteroatoms. The van der Waals surface area contributed by atoms with E-state index in [-0.39, 0.29) is 5.91 Å². The summed E-state index contributed by atoms with van der Waals surface area (Å²) in [5.41, 5.74) is 3.42. The Balaban J connectivity index is 1.40. The first-order valence-corrected chi connectivity index (χ1v) is 11.4. The van der Waals surface area contributed by atoms with Gasteiger partial charge in [-0.05, 0) is 37.1 Å². The SMILES string of the molecule is COc1cc(OC)cc(N2CCN(C(=O)c3ccc(Sc4c(C)cccc4C)o3)CC2)c1. The van der Waals surface area contributed by atoms with E-state index in [4.69, 9.17) is 13.9 Å². The predicted molar refractivity (Wildman–Crippen MR) is 126 cm³/mol. The smallest absolute Gasteiger partial charge is 0.289 e. The van der Waals surface area contributed by atoms with Crippen molar-refractivity contribution in [2.75, 3.05) is 45.3 Å². The third-order valence-corrected chi connectivity index (χ3v) is 6.94. The highest BCUT2D eigenvalue weighted by Crippen LogP contribution is 2.34. The van der Waals surface area contributed by atoms with Crippen molar-refractivity contribution in [2.24, 2.45) is 0 Å². The average Bonchev–Trinajstić information content (AvgIpc) is 3.29. The molecule has 0 bridgehead atoms. The summed E-state index contributed by atoms with van der Waals surface area (Å²) in [7, 11) is 3.29. The first-order chi connectivity index (χ1) is 15.5. The lowest BCUT2D eigenvalue weighted by Crippen LogP contribution is -2.48. The quantitative estimate of drug-likeness (QED) is 0.523. The van der Waals surface area contributed by atoms with Gasteiger partial charge in [0.05, 0.1) is 14.2 Å². The average molecular weight is 453 g/mol. The second-order valence-corrected chi connectivity index (χ2v) is 8.81. The number of carbonyl (C=O) groups excluding carboxylic acids is 1. The maximum atomic E-state index is 13.0. The molecule has 2 heterocycles. The van der Waals surface area contributed by atoms with Crippen LogP contribution in [0.25, 0.3) is 0 Å². The minimum Gasteiger partial charge on any atom is -0.497 e. The Hall–Kier alpha value is -3.06. The number of aryl methyl sites for hydroxylation is 2. The number of anilines is 1. The molecule has 1 fully saturated rings. The van der Waals surface area contributed by atoms with Crippen molar-refractivity contribution in [3.63, 3.8) is 0 Å².